The lowest BCUT2D eigenvalue weighted by Gasteiger charge is -2.38. The molecule has 3 rings (SSSR count). The molecule has 2 N–H and O–H groups in total. The largest absolute Gasteiger partial charge is 0.320 e. The molecule has 0 spiro atoms. The summed E-state index contributed by atoms with van der Waals surface area (Å²) in [5.41, 5.74) is 10.6. The number of nitrogens with two attached hydrogens (primary N) is 1. The molecule has 0 saturated carbocycles. The summed E-state index contributed by atoms with van der Waals surface area (Å²) in [5, 5.41) is 0. The van der Waals surface area contributed by atoms with Crippen LogP contribution in [0.1, 0.15) is 37.3 Å². The quantitative estimate of drug-likeness (QED) is 0.843. The molecule has 2 nitrogen and oxygen atoms in total. The molecule has 0 amide bonds. The van der Waals surface area contributed by atoms with E-state index in [2.05, 4.69) is 42.7 Å². The van der Waals surface area contributed by atoms with Crippen LogP contribution in [0.2, 0.25) is 0 Å². The molecule has 2 atom stereocenters. The molecule has 1 aliphatic heterocycles. The van der Waals surface area contributed by atoms with Crippen LogP contribution in [0.15, 0.2) is 36.4 Å². The van der Waals surface area contributed by atoms with Crippen molar-refractivity contribution in [3.8, 4) is 0 Å². The molecule has 19 heavy (non-hydrogen) atoms. The summed E-state index contributed by atoms with van der Waals surface area (Å²) in [4.78, 5) is 2.60. The summed E-state index contributed by atoms with van der Waals surface area (Å²) >= 11 is 0. The van der Waals surface area contributed by atoms with Gasteiger partial charge in [-0.2, -0.15) is 0 Å². The summed E-state index contributed by atoms with van der Waals surface area (Å²) < 4.78 is 0. The molecule has 2 unspecified atom stereocenters. The SMILES string of the molecule is C=C(C)CC1(N)c2ccccc2CC1N1CCCC1. The van der Waals surface area contributed by atoms with Gasteiger partial charge in [-0.15, -0.1) is 6.58 Å². The molecule has 1 aromatic rings. The second kappa shape index (κ2) is 4.77. The van der Waals surface area contributed by atoms with Gasteiger partial charge < -0.3 is 5.73 Å². The Morgan fingerprint density at radius 2 is 2.05 bits per heavy atom. The third kappa shape index (κ3) is 2.13. The van der Waals surface area contributed by atoms with E-state index < -0.39 is 0 Å². The fourth-order valence-corrected chi connectivity index (χ4v) is 3.94. The van der Waals surface area contributed by atoms with Crippen molar-refractivity contribution in [1.82, 2.24) is 4.90 Å². The maximum absolute atomic E-state index is 6.89. The highest BCUT2D eigenvalue weighted by molar-refractivity contribution is 5.42. The third-order valence-electron chi connectivity index (χ3n) is 4.70. The van der Waals surface area contributed by atoms with Crippen molar-refractivity contribution in [3.63, 3.8) is 0 Å². The second-order valence-electron chi connectivity index (χ2n) is 6.29. The highest BCUT2D eigenvalue weighted by Crippen LogP contribution is 2.42. The summed E-state index contributed by atoms with van der Waals surface area (Å²) in [6, 6.07) is 9.15. The monoisotopic (exact) mass is 256 g/mol. The van der Waals surface area contributed by atoms with Crippen LogP contribution in [0.3, 0.4) is 0 Å². The van der Waals surface area contributed by atoms with Gasteiger partial charge in [0.25, 0.3) is 0 Å². The van der Waals surface area contributed by atoms with E-state index in [9.17, 15) is 0 Å². The summed E-state index contributed by atoms with van der Waals surface area (Å²) in [7, 11) is 0. The van der Waals surface area contributed by atoms with Crippen LogP contribution in [-0.4, -0.2) is 24.0 Å². The zero-order valence-electron chi connectivity index (χ0n) is 11.9. The molecule has 0 radical (unpaired) electrons. The fourth-order valence-electron chi connectivity index (χ4n) is 3.94. The van der Waals surface area contributed by atoms with E-state index in [1.807, 2.05) is 0 Å². The molecule has 0 bridgehead atoms. The molecule has 1 heterocycles. The highest BCUT2D eigenvalue weighted by Gasteiger charge is 2.46. The lowest BCUT2D eigenvalue weighted by molar-refractivity contribution is 0.159. The van der Waals surface area contributed by atoms with Gasteiger partial charge in [-0.25, -0.2) is 0 Å². The Labute approximate surface area is 116 Å². The van der Waals surface area contributed by atoms with E-state index in [4.69, 9.17) is 5.73 Å². The molecule has 2 heteroatoms. The number of nitrogens with zero attached hydrogens (tertiary/aromatic N) is 1. The second-order valence-corrected chi connectivity index (χ2v) is 6.29. The summed E-state index contributed by atoms with van der Waals surface area (Å²) in [5.74, 6) is 0. The Morgan fingerprint density at radius 3 is 2.74 bits per heavy atom. The van der Waals surface area contributed by atoms with E-state index in [0.717, 1.165) is 12.8 Å². The Balaban J connectivity index is 1.99. The molecule has 0 aromatic heterocycles. The van der Waals surface area contributed by atoms with Gasteiger partial charge in [-0.05, 0) is 56.8 Å². The average molecular weight is 256 g/mol. The van der Waals surface area contributed by atoms with Crippen molar-refractivity contribution >= 4 is 0 Å². The molecule has 1 saturated heterocycles. The highest BCUT2D eigenvalue weighted by atomic mass is 15.2. The predicted octanol–water partition coefficient (Wildman–Crippen LogP) is 2.83. The van der Waals surface area contributed by atoms with Crippen molar-refractivity contribution < 1.29 is 0 Å². The lowest BCUT2D eigenvalue weighted by Crippen LogP contribution is -2.53. The first kappa shape index (κ1) is 12.9. The van der Waals surface area contributed by atoms with Crippen molar-refractivity contribution in [2.24, 2.45) is 5.73 Å². The number of hydrogen-bond acceptors (Lipinski definition) is 2. The van der Waals surface area contributed by atoms with Crippen LogP contribution in [0, 0.1) is 0 Å². The molecular formula is C17H24N2. The van der Waals surface area contributed by atoms with Crippen LogP contribution in [0.5, 0.6) is 0 Å². The van der Waals surface area contributed by atoms with Crippen LogP contribution >= 0.6 is 0 Å². The first-order chi connectivity index (χ1) is 9.11. The molecule has 1 aromatic carbocycles. The predicted molar refractivity (Wildman–Crippen MR) is 80.0 cm³/mol. The standard InChI is InChI=1S/C17H24N2/c1-13(2)12-17(18)15-8-4-3-7-14(15)11-16(17)19-9-5-6-10-19/h3-4,7-8,16H,1,5-6,9-12,18H2,2H3. The van der Waals surface area contributed by atoms with Crippen LogP contribution < -0.4 is 5.73 Å². The zero-order chi connectivity index (χ0) is 13.5. The van der Waals surface area contributed by atoms with Crippen molar-refractivity contribution in [3.05, 3.63) is 47.5 Å². The number of rotatable bonds is 3. The number of likely N-dealkylation sites (tertiary alicyclic amines) is 1. The molecule has 102 valence electrons. The Kier molecular flexibility index (Phi) is 3.23. The zero-order valence-corrected chi connectivity index (χ0v) is 11.9. The van der Waals surface area contributed by atoms with Crippen molar-refractivity contribution in [1.29, 1.82) is 0 Å². The first-order valence-corrected chi connectivity index (χ1v) is 7.37. The van der Waals surface area contributed by atoms with Crippen LogP contribution in [0.25, 0.3) is 0 Å². The minimum absolute atomic E-state index is 0.243. The fraction of sp³-hybridized carbons (Fsp3) is 0.529. The molecule has 1 fully saturated rings. The van der Waals surface area contributed by atoms with Crippen LogP contribution in [0.4, 0.5) is 0 Å². The van der Waals surface area contributed by atoms with Gasteiger partial charge in [-0.1, -0.05) is 29.8 Å². The van der Waals surface area contributed by atoms with Crippen LogP contribution in [-0.2, 0) is 12.0 Å². The Morgan fingerprint density at radius 1 is 1.37 bits per heavy atom. The maximum atomic E-state index is 6.89. The van der Waals surface area contributed by atoms with E-state index in [-0.39, 0.29) is 5.54 Å². The number of fused-ring (bicyclic) bond motifs is 1. The number of benzene rings is 1. The summed E-state index contributed by atoms with van der Waals surface area (Å²) in [6.07, 6.45) is 4.62. The van der Waals surface area contributed by atoms with E-state index in [1.54, 1.807) is 0 Å². The van der Waals surface area contributed by atoms with Gasteiger partial charge in [0.05, 0.1) is 5.54 Å². The topological polar surface area (TPSA) is 29.3 Å². The molecule has 2 aliphatic rings. The average Bonchev–Trinajstić information content (AvgIpc) is 2.96. The normalized spacial score (nSPS) is 30.5. The molecular weight excluding hydrogens is 232 g/mol. The van der Waals surface area contributed by atoms with E-state index in [1.165, 1.54) is 42.6 Å². The van der Waals surface area contributed by atoms with Gasteiger partial charge in [0.1, 0.15) is 0 Å². The third-order valence-corrected chi connectivity index (χ3v) is 4.70. The number of hydrogen-bond donors (Lipinski definition) is 1. The van der Waals surface area contributed by atoms with Crippen molar-refractivity contribution in [2.45, 2.75) is 44.2 Å². The smallest absolute Gasteiger partial charge is 0.0610 e. The van der Waals surface area contributed by atoms with Gasteiger partial charge in [0, 0.05) is 6.04 Å². The Bertz CT molecular complexity index is 488. The van der Waals surface area contributed by atoms with E-state index in [0.29, 0.717) is 6.04 Å². The van der Waals surface area contributed by atoms with E-state index >= 15 is 0 Å². The van der Waals surface area contributed by atoms with Gasteiger partial charge in [0.2, 0.25) is 0 Å². The molecule has 1 aliphatic carbocycles. The first-order valence-electron chi connectivity index (χ1n) is 7.37. The maximum Gasteiger partial charge on any atom is 0.0610 e. The van der Waals surface area contributed by atoms with Gasteiger partial charge in [0.15, 0.2) is 0 Å². The van der Waals surface area contributed by atoms with Crippen molar-refractivity contribution in [2.75, 3.05) is 13.1 Å². The lowest BCUT2D eigenvalue weighted by atomic mass is 9.83. The van der Waals surface area contributed by atoms with Gasteiger partial charge in [-0.3, -0.25) is 4.90 Å². The Hall–Kier alpha value is -1.12. The summed E-state index contributed by atoms with van der Waals surface area (Å²) in [6.45, 7) is 8.60. The minimum atomic E-state index is -0.243. The van der Waals surface area contributed by atoms with Gasteiger partial charge >= 0.3 is 0 Å². The minimum Gasteiger partial charge on any atom is -0.320 e.